The van der Waals surface area contributed by atoms with Crippen molar-refractivity contribution in [1.82, 2.24) is 4.98 Å². The SMILES string of the molecule is Cc1ccc2c(c1)CCCN2c1ccc([C@@H](C)O)cn1. The standard InChI is InChI=1S/C17H20N2O/c1-12-5-7-16-14(10-12)4-3-9-19(16)17-8-6-15(11-18-17)13(2)20/h5-8,10-11,13,20H,3-4,9H2,1-2H3/t13-/m1/s1. The summed E-state index contributed by atoms with van der Waals surface area (Å²) in [4.78, 5) is 6.78. The molecule has 0 fully saturated rings. The summed E-state index contributed by atoms with van der Waals surface area (Å²) in [6, 6.07) is 10.6. The van der Waals surface area contributed by atoms with Gasteiger partial charge in [0, 0.05) is 18.4 Å². The zero-order valence-electron chi connectivity index (χ0n) is 12.0. The molecule has 20 heavy (non-hydrogen) atoms. The van der Waals surface area contributed by atoms with Gasteiger partial charge in [-0.3, -0.25) is 0 Å². The average Bonchev–Trinajstić information content (AvgIpc) is 2.46. The minimum absolute atomic E-state index is 0.465. The maximum absolute atomic E-state index is 9.56. The molecule has 1 aromatic carbocycles. The van der Waals surface area contributed by atoms with E-state index >= 15 is 0 Å². The van der Waals surface area contributed by atoms with Crippen molar-refractivity contribution in [3.8, 4) is 0 Å². The Bertz CT molecular complexity index is 605. The van der Waals surface area contributed by atoms with Gasteiger partial charge in [0.05, 0.1) is 6.10 Å². The Morgan fingerprint density at radius 1 is 1.25 bits per heavy atom. The Labute approximate surface area is 119 Å². The van der Waals surface area contributed by atoms with Gasteiger partial charge in [-0.25, -0.2) is 4.98 Å². The number of anilines is 2. The van der Waals surface area contributed by atoms with Gasteiger partial charge in [0.2, 0.25) is 0 Å². The molecule has 0 amide bonds. The molecule has 0 saturated heterocycles. The fraction of sp³-hybridized carbons (Fsp3) is 0.353. The second-order valence-corrected chi connectivity index (χ2v) is 5.51. The zero-order valence-corrected chi connectivity index (χ0v) is 12.0. The molecule has 2 aromatic rings. The molecule has 0 bridgehead atoms. The highest BCUT2D eigenvalue weighted by atomic mass is 16.3. The summed E-state index contributed by atoms with van der Waals surface area (Å²) in [5.74, 6) is 0.958. The van der Waals surface area contributed by atoms with E-state index in [1.54, 1.807) is 13.1 Å². The number of hydrogen-bond donors (Lipinski definition) is 1. The fourth-order valence-electron chi connectivity index (χ4n) is 2.77. The van der Waals surface area contributed by atoms with Crippen molar-refractivity contribution in [2.24, 2.45) is 0 Å². The van der Waals surface area contributed by atoms with Gasteiger partial charge in [-0.05, 0) is 49.9 Å². The molecule has 0 aliphatic carbocycles. The molecule has 1 aromatic heterocycles. The molecular weight excluding hydrogens is 248 g/mol. The van der Waals surface area contributed by atoms with Gasteiger partial charge >= 0.3 is 0 Å². The minimum atomic E-state index is -0.465. The largest absolute Gasteiger partial charge is 0.389 e. The van der Waals surface area contributed by atoms with Crippen LogP contribution in [-0.4, -0.2) is 16.6 Å². The number of aromatic nitrogens is 1. The van der Waals surface area contributed by atoms with Crippen LogP contribution in [0.15, 0.2) is 36.5 Å². The van der Waals surface area contributed by atoms with Crippen LogP contribution in [0.2, 0.25) is 0 Å². The van der Waals surface area contributed by atoms with E-state index in [-0.39, 0.29) is 0 Å². The van der Waals surface area contributed by atoms with Crippen LogP contribution in [0.1, 0.15) is 36.1 Å². The predicted octanol–water partition coefficient (Wildman–Crippen LogP) is 3.53. The van der Waals surface area contributed by atoms with Crippen molar-refractivity contribution < 1.29 is 5.11 Å². The lowest BCUT2D eigenvalue weighted by Gasteiger charge is -2.30. The number of aryl methyl sites for hydroxylation is 2. The van der Waals surface area contributed by atoms with Gasteiger partial charge in [0.1, 0.15) is 5.82 Å². The van der Waals surface area contributed by atoms with Crippen molar-refractivity contribution in [2.45, 2.75) is 32.8 Å². The molecule has 104 valence electrons. The summed E-state index contributed by atoms with van der Waals surface area (Å²) in [6.45, 7) is 4.89. The monoisotopic (exact) mass is 268 g/mol. The third-order valence-electron chi connectivity index (χ3n) is 3.88. The van der Waals surface area contributed by atoms with Crippen LogP contribution in [0.5, 0.6) is 0 Å². The Morgan fingerprint density at radius 2 is 2.10 bits per heavy atom. The summed E-state index contributed by atoms with van der Waals surface area (Å²) in [5, 5.41) is 9.56. The number of nitrogens with zero attached hydrogens (tertiary/aromatic N) is 2. The normalized spacial score (nSPS) is 15.8. The molecular formula is C17H20N2O. The molecule has 1 aliphatic heterocycles. The first-order chi connectivity index (χ1) is 9.65. The molecule has 2 heterocycles. The first kappa shape index (κ1) is 13.1. The second kappa shape index (κ2) is 5.25. The van der Waals surface area contributed by atoms with Gasteiger partial charge in [0.25, 0.3) is 0 Å². The van der Waals surface area contributed by atoms with E-state index in [4.69, 9.17) is 0 Å². The van der Waals surface area contributed by atoms with Crippen molar-refractivity contribution >= 4 is 11.5 Å². The maximum atomic E-state index is 9.56. The van der Waals surface area contributed by atoms with E-state index in [9.17, 15) is 5.11 Å². The topological polar surface area (TPSA) is 36.4 Å². The molecule has 0 saturated carbocycles. The third-order valence-corrected chi connectivity index (χ3v) is 3.88. The number of hydrogen-bond acceptors (Lipinski definition) is 3. The Morgan fingerprint density at radius 3 is 2.80 bits per heavy atom. The van der Waals surface area contributed by atoms with E-state index in [0.29, 0.717) is 0 Å². The van der Waals surface area contributed by atoms with Crippen molar-refractivity contribution in [3.05, 3.63) is 53.2 Å². The number of pyridine rings is 1. The fourth-order valence-corrected chi connectivity index (χ4v) is 2.77. The van der Waals surface area contributed by atoms with E-state index in [1.807, 2.05) is 12.1 Å². The van der Waals surface area contributed by atoms with Gasteiger partial charge in [-0.2, -0.15) is 0 Å². The highest BCUT2D eigenvalue weighted by Crippen LogP contribution is 2.33. The first-order valence-corrected chi connectivity index (χ1v) is 7.16. The van der Waals surface area contributed by atoms with E-state index < -0.39 is 6.10 Å². The average molecular weight is 268 g/mol. The Balaban J connectivity index is 1.96. The number of rotatable bonds is 2. The zero-order chi connectivity index (χ0) is 14.1. The summed E-state index contributed by atoms with van der Waals surface area (Å²) < 4.78 is 0. The second-order valence-electron chi connectivity index (χ2n) is 5.51. The lowest BCUT2D eigenvalue weighted by atomic mass is 9.99. The summed E-state index contributed by atoms with van der Waals surface area (Å²) in [5.41, 5.74) is 4.83. The van der Waals surface area contributed by atoms with Crippen LogP contribution < -0.4 is 4.90 Å². The molecule has 3 nitrogen and oxygen atoms in total. The Kier molecular flexibility index (Phi) is 3.45. The molecule has 0 radical (unpaired) electrons. The molecule has 0 unspecified atom stereocenters. The van der Waals surface area contributed by atoms with Crippen molar-refractivity contribution in [1.29, 1.82) is 0 Å². The van der Waals surface area contributed by atoms with Crippen LogP contribution in [0, 0.1) is 6.92 Å². The van der Waals surface area contributed by atoms with Crippen LogP contribution in [0.4, 0.5) is 11.5 Å². The highest BCUT2D eigenvalue weighted by molar-refractivity contribution is 5.66. The van der Waals surface area contributed by atoms with Gasteiger partial charge in [0.15, 0.2) is 0 Å². The van der Waals surface area contributed by atoms with E-state index in [0.717, 1.165) is 30.8 Å². The molecule has 1 atom stereocenters. The van der Waals surface area contributed by atoms with E-state index in [1.165, 1.54) is 16.8 Å². The summed E-state index contributed by atoms with van der Waals surface area (Å²) >= 11 is 0. The minimum Gasteiger partial charge on any atom is -0.389 e. The number of aliphatic hydroxyl groups excluding tert-OH is 1. The Hall–Kier alpha value is -1.87. The molecule has 1 N–H and O–H groups in total. The maximum Gasteiger partial charge on any atom is 0.132 e. The van der Waals surface area contributed by atoms with Crippen LogP contribution in [0.25, 0.3) is 0 Å². The van der Waals surface area contributed by atoms with Gasteiger partial charge in [-0.1, -0.05) is 23.8 Å². The van der Waals surface area contributed by atoms with Crippen LogP contribution in [-0.2, 0) is 6.42 Å². The lowest BCUT2D eigenvalue weighted by molar-refractivity contribution is 0.199. The van der Waals surface area contributed by atoms with Crippen molar-refractivity contribution in [2.75, 3.05) is 11.4 Å². The molecule has 3 heteroatoms. The third kappa shape index (κ3) is 2.41. The first-order valence-electron chi connectivity index (χ1n) is 7.16. The van der Waals surface area contributed by atoms with Crippen LogP contribution >= 0.6 is 0 Å². The lowest BCUT2D eigenvalue weighted by Crippen LogP contribution is -2.25. The number of aliphatic hydroxyl groups is 1. The molecule has 3 rings (SSSR count). The highest BCUT2D eigenvalue weighted by Gasteiger charge is 2.19. The molecule has 0 spiro atoms. The summed E-state index contributed by atoms with van der Waals surface area (Å²) in [7, 11) is 0. The summed E-state index contributed by atoms with van der Waals surface area (Å²) in [6.07, 6.45) is 3.59. The predicted molar refractivity (Wildman–Crippen MR) is 81.4 cm³/mol. The van der Waals surface area contributed by atoms with Gasteiger partial charge in [-0.15, -0.1) is 0 Å². The number of fused-ring (bicyclic) bond motifs is 1. The van der Waals surface area contributed by atoms with Gasteiger partial charge < -0.3 is 10.0 Å². The van der Waals surface area contributed by atoms with Crippen molar-refractivity contribution in [3.63, 3.8) is 0 Å². The quantitative estimate of drug-likeness (QED) is 0.905. The van der Waals surface area contributed by atoms with E-state index in [2.05, 4.69) is 35.0 Å². The smallest absolute Gasteiger partial charge is 0.132 e. The number of benzene rings is 1. The van der Waals surface area contributed by atoms with Crippen LogP contribution in [0.3, 0.4) is 0 Å². The molecule has 1 aliphatic rings.